The van der Waals surface area contributed by atoms with Gasteiger partial charge in [-0.3, -0.25) is 4.98 Å². The number of carbonyl (C=O) groups excluding carboxylic acids is 1. The van der Waals surface area contributed by atoms with Crippen LogP contribution in [0.25, 0.3) is 0 Å². The Morgan fingerprint density at radius 3 is 2.42 bits per heavy atom. The molecule has 0 amide bonds. The predicted octanol–water partition coefficient (Wildman–Crippen LogP) is 4.89. The van der Waals surface area contributed by atoms with E-state index in [1.54, 1.807) is 0 Å². The first-order chi connectivity index (χ1) is 11.2. The maximum atomic E-state index is 12.3. The van der Waals surface area contributed by atoms with Crippen molar-refractivity contribution in [2.75, 3.05) is 11.9 Å². The van der Waals surface area contributed by atoms with E-state index in [0.717, 1.165) is 35.8 Å². The van der Waals surface area contributed by atoms with Crippen LogP contribution >= 0.6 is 0 Å². The second kappa shape index (κ2) is 7.54. The average molecular weight is 332 g/mol. The van der Waals surface area contributed by atoms with Gasteiger partial charge in [0.15, 0.2) is 0 Å². The van der Waals surface area contributed by atoms with Crippen molar-refractivity contribution in [1.82, 2.24) is 4.98 Å². The Labute approximate surface area is 146 Å². The van der Waals surface area contributed by atoms with E-state index in [1.165, 1.54) is 12.8 Å². The van der Waals surface area contributed by atoms with Crippen LogP contribution in [-0.2, 0) is 4.74 Å². The van der Waals surface area contributed by atoms with Gasteiger partial charge in [-0.15, -0.1) is 0 Å². The lowest BCUT2D eigenvalue weighted by Crippen LogP contribution is -2.32. The molecule has 0 bridgehead atoms. The first-order valence-electron chi connectivity index (χ1n) is 9.14. The molecule has 1 aromatic rings. The molecule has 1 aliphatic rings. The summed E-state index contributed by atoms with van der Waals surface area (Å²) in [6.45, 7) is 13.0. The monoisotopic (exact) mass is 332 g/mol. The van der Waals surface area contributed by atoms with E-state index in [0.29, 0.717) is 23.6 Å². The van der Waals surface area contributed by atoms with Crippen molar-refractivity contribution >= 4 is 11.7 Å². The van der Waals surface area contributed by atoms with E-state index in [1.807, 2.05) is 26.8 Å². The molecule has 0 atom stereocenters. The Kier molecular flexibility index (Phi) is 5.89. The van der Waals surface area contributed by atoms with Crippen LogP contribution in [0.1, 0.15) is 75.1 Å². The largest absolute Gasteiger partial charge is 0.462 e. The number of aromatic nitrogens is 1. The van der Waals surface area contributed by atoms with Gasteiger partial charge in [0.1, 0.15) is 5.56 Å². The standard InChI is InChI=1S/C20H32N2O2/c1-7-24-19(23)18-14(3)21-13(2)12-17(18)22-16-10-8-15(9-11-16)20(4,5)6/h12,15-16H,7-11H2,1-6H3,(H,21,22)/t15-,16+. The molecule has 1 aliphatic carbocycles. The van der Waals surface area contributed by atoms with Gasteiger partial charge in [-0.1, -0.05) is 20.8 Å². The molecule has 4 nitrogen and oxygen atoms in total. The maximum absolute atomic E-state index is 12.3. The molecule has 1 fully saturated rings. The highest BCUT2D eigenvalue weighted by atomic mass is 16.5. The van der Waals surface area contributed by atoms with Crippen LogP contribution in [0, 0.1) is 25.2 Å². The van der Waals surface area contributed by atoms with Crippen LogP contribution in [0.3, 0.4) is 0 Å². The number of carbonyl (C=O) groups is 1. The highest BCUT2D eigenvalue weighted by Crippen LogP contribution is 2.38. The van der Waals surface area contributed by atoms with Crippen LogP contribution in [0.5, 0.6) is 0 Å². The first-order valence-corrected chi connectivity index (χ1v) is 9.14. The van der Waals surface area contributed by atoms with Gasteiger partial charge < -0.3 is 10.1 Å². The zero-order valence-electron chi connectivity index (χ0n) is 16.0. The van der Waals surface area contributed by atoms with Gasteiger partial charge in [0.2, 0.25) is 0 Å². The third-order valence-corrected chi connectivity index (χ3v) is 5.12. The molecule has 0 aromatic carbocycles. The number of ether oxygens (including phenoxy) is 1. The van der Waals surface area contributed by atoms with Gasteiger partial charge in [0.25, 0.3) is 0 Å². The van der Waals surface area contributed by atoms with Crippen LogP contribution in [-0.4, -0.2) is 23.6 Å². The predicted molar refractivity (Wildman–Crippen MR) is 98.5 cm³/mol. The molecule has 0 saturated heterocycles. The molecule has 2 rings (SSSR count). The fraction of sp³-hybridized carbons (Fsp3) is 0.700. The van der Waals surface area contributed by atoms with Gasteiger partial charge in [-0.25, -0.2) is 4.79 Å². The summed E-state index contributed by atoms with van der Waals surface area (Å²) in [5, 5.41) is 3.60. The topological polar surface area (TPSA) is 51.2 Å². The molecular weight excluding hydrogens is 300 g/mol. The van der Waals surface area contributed by atoms with Crippen molar-refractivity contribution in [2.24, 2.45) is 11.3 Å². The molecule has 1 heterocycles. The Hall–Kier alpha value is -1.58. The lowest BCUT2D eigenvalue weighted by Gasteiger charge is -2.37. The van der Waals surface area contributed by atoms with E-state index >= 15 is 0 Å². The quantitative estimate of drug-likeness (QED) is 0.797. The molecule has 1 aromatic heterocycles. The highest BCUT2D eigenvalue weighted by Gasteiger charge is 2.30. The van der Waals surface area contributed by atoms with Crippen LogP contribution in [0.2, 0.25) is 0 Å². The molecule has 24 heavy (non-hydrogen) atoms. The summed E-state index contributed by atoms with van der Waals surface area (Å²) in [7, 11) is 0. The highest BCUT2D eigenvalue weighted by molar-refractivity contribution is 5.96. The van der Waals surface area contributed by atoms with Crippen molar-refractivity contribution in [2.45, 2.75) is 73.3 Å². The molecule has 1 saturated carbocycles. The zero-order valence-corrected chi connectivity index (χ0v) is 16.0. The molecule has 0 radical (unpaired) electrons. The molecular formula is C20H32N2O2. The lowest BCUT2D eigenvalue weighted by molar-refractivity contribution is 0.0526. The summed E-state index contributed by atoms with van der Waals surface area (Å²) >= 11 is 0. The Morgan fingerprint density at radius 2 is 1.88 bits per heavy atom. The molecule has 4 heteroatoms. The van der Waals surface area contributed by atoms with Crippen LogP contribution < -0.4 is 5.32 Å². The lowest BCUT2D eigenvalue weighted by atomic mass is 9.71. The summed E-state index contributed by atoms with van der Waals surface area (Å²) in [5.41, 5.74) is 3.49. The number of nitrogens with zero attached hydrogens (tertiary/aromatic N) is 1. The Bertz CT molecular complexity index is 582. The number of esters is 1. The third-order valence-electron chi connectivity index (χ3n) is 5.12. The van der Waals surface area contributed by atoms with Crippen molar-refractivity contribution < 1.29 is 9.53 Å². The number of aryl methyl sites for hydroxylation is 2. The molecule has 0 unspecified atom stereocenters. The van der Waals surface area contributed by atoms with Crippen molar-refractivity contribution in [3.8, 4) is 0 Å². The average Bonchev–Trinajstić information content (AvgIpc) is 2.46. The van der Waals surface area contributed by atoms with Crippen LogP contribution in [0.4, 0.5) is 5.69 Å². The number of nitrogens with one attached hydrogen (secondary N) is 1. The minimum Gasteiger partial charge on any atom is -0.462 e. The molecule has 1 N–H and O–H groups in total. The fourth-order valence-corrected chi connectivity index (χ4v) is 3.73. The first kappa shape index (κ1) is 18.8. The third kappa shape index (κ3) is 4.49. The second-order valence-electron chi connectivity index (χ2n) is 8.05. The fourth-order valence-electron chi connectivity index (χ4n) is 3.73. The summed E-state index contributed by atoms with van der Waals surface area (Å²) in [4.78, 5) is 16.8. The van der Waals surface area contributed by atoms with E-state index < -0.39 is 0 Å². The Morgan fingerprint density at radius 1 is 1.25 bits per heavy atom. The van der Waals surface area contributed by atoms with Gasteiger partial charge in [0, 0.05) is 11.7 Å². The Balaban J connectivity index is 2.14. The number of anilines is 1. The minimum absolute atomic E-state index is 0.284. The maximum Gasteiger partial charge on any atom is 0.342 e. The number of hydrogen-bond donors (Lipinski definition) is 1. The molecule has 0 aliphatic heterocycles. The van der Waals surface area contributed by atoms with E-state index in [-0.39, 0.29) is 5.97 Å². The van der Waals surface area contributed by atoms with E-state index in [2.05, 4.69) is 31.1 Å². The van der Waals surface area contributed by atoms with Crippen molar-refractivity contribution in [3.63, 3.8) is 0 Å². The number of pyridine rings is 1. The smallest absolute Gasteiger partial charge is 0.342 e. The normalized spacial score (nSPS) is 21.4. The molecule has 134 valence electrons. The van der Waals surface area contributed by atoms with Gasteiger partial charge in [0.05, 0.1) is 18.0 Å². The molecule has 0 spiro atoms. The number of rotatable bonds is 4. The van der Waals surface area contributed by atoms with E-state index in [9.17, 15) is 4.79 Å². The SMILES string of the molecule is CCOC(=O)c1c(N[C@H]2CC[C@@H](C(C)(C)C)CC2)cc(C)nc1C. The zero-order chi connectivity index (χ0) is 17.9. The van der Waals surface area contributed by atoms with Crippen molar-refractivity contribution in [3.05, 3.63) is 23.0 Å². The summed E-state index contributed by atoms with van der Waals surface area (Å²) in [6.07, 6.45) is 4.76. The van der Waals surface area contributed by atoms with Gasteiger partial charge in [-0.05, 0) is 63.9 Å². The van der Waals surface area contributed by atoms with Gasteiger partial charge in [-0.2, -0.15) is 0 Å². The summed E-state index contributed by atoms with van der Waals surface area (Å²) in [6, 6.07) is 2.38. The second-order valence-corrected chi connectivity index (χ2v) is 8.05. The minimum atomic E-state index is -0.284. The van der Waals surface area contributed by atoms with Crippen molar-refractivity contribution in [1.29, 1.82) is 0 Å². The summed E-state index contributed by atoms with van der Waals surface area (Å²) in [5.74, 6) is 0.495. The van der Waals surface area contributed by atoms with Gasteiger partial charge >= 0.3 is 5.97 Å². The van der Waals surface area contributed by atoms with Crippen LogP contribution in [0.15, 0.2) is 6.07 Å². The summed E-state index contributed by atoms with van der Waals surface area (Å²) < 4.78 is 5.22. The van der Waals surface area contributed by atoms with E-state index in [4.69, 9.17) is 4.74 Å². The number of hydrogen-bond acceptors (Lipinski definition) is 4.